The molecule has 0 saturated heterocycles. The first kappa shape index (κ1) is 123. The second-order valence-electron chi connectivity index (χ2n) is 56.0. The number of aryl methyl sites for hydroxylation is 2. The van der Waals surface area contributed by atoms with Crippen LogP contribution in [0.2, 0.25) is 54.4 Å². The number of allylic oxidation sites excluding steroid dienone is 6. The van der Waals surface area contributed by atoms with Crippen molar-refractivity contribution in [2.45, 2.75) is 493 Å². The van der Waals surface area contributed by atoms with Crippen LogP contribution in [0.25, 0.3) is 0 Å². The molecular weight excluding hydrogens is 1880 g/mol. The summed E-state index contributed by atoms with van der Waals surface area (Å²) in [6.45, 7) is 78.1. The molecule has 0 aliphatic heterocycles. The van der Waals surface area contributed by atoms with Crippen LogP contribution in [-0.4, -0.2) is 131 Å². The predicted octanol–water partition coefficient (Wildman–Crippen LogP) is 31.3. The summed E-state index contributed by atoms with van der Waals surface area (Å²) in [6, 6.07) is 13.6. The normalized spacial score (nSPS) is 36.4. The summed E-state index contributed by atoms with van der Waals surface area (Å²) in [6.07, 6.45) is 49.7. The Labute approximate surface area is 884 Å². The van der Waals surface area contributed by atoms with Crippen LogP contribution in [0.15, 0.2) is 106 Å². The maximum Gasteiger partial charge on any atom is 0.296 e. The van der Waals surface area contributed by atoms with Gasteiger partial charge in [0.05, 0.1) is 41.3 Å². The van der Waals surface area contributed by atoms with Gasteiger partial charge in [-0.25, -0.2) is 0 Å². The van der Waals surface area contributed by atoms with Crippen LogP contribution < -0.4 is 0 Å². The third-order valence-corrected chi connectivity index (χ3v) is 59.4. The number of fused-ring (bicyclic) bond motifs is 6. The smallest absolute Gasteiger partial charge is 0.296 e. The minimum absolute atomic E-state index is 0.0837. The van der Waals surface area contributed by atoms with Crippen molar-refractivity contribution >= 4 is 57.3 Å². The highest BCUT2D eigenvalue weighted by molar-refractivity contribution is 7.87. The van der Waals surface area contributed by atoms with Crippen molar-refractivity contribution in [3.05, 3.63) is 107 Å². The van der Waals surface area contributed by atoms with Crippen LogP contribution >= 0.6 is 0 Å². The molecule has 0 heterocycles. The standard InChI is InChI=1S/C28H44O.C26H44O4SSi.C20H30O4S.C19H36O2Si.C18H34O2Si.C13H24O2/c1-19(2)20(3)9-10-22(5)26-15-16-27-23(8-7-17-28(26,27)6)12-13-24-18-25(29)14-11-21(24)4;1-19-11-13-21(14-12-19)31(27,28)29-18-20(2)22-15-16-23-24(10-9-17-26(22,23)6)30-32(7,8)25(3,4)5;1-14-6-8-16(9-7-14)25(22,23)24-13-15(2)17-10-11-18-19(21)5-4-12-20(17,18)3;1-14(13-20)15-10-11-16-17(9-8-12-19(15,16)5)21-22(6,7)18(2,3)4;1-13(19)14-10-11-15-16(9-8-12-18(14,15)5)20-21(6,7)17(2,3)4;1-9(8-14)10-5-6-11-12(15)4-3-7-13(10,11)2/h9-10,12-13,19-20,22,25-27,29H,4,7-8,11,14-18H2,1-3,5-6H3;11-14,20,22-24H,9-10,15-18H2,1-8H3;6-9,15,17-19,21H,4-5,10-13H2,1-3H3;13-17H,8-12H2,1-7H3;14-16H,8-12H2,1-7H3;9-12,14-15H,3-8H2,1-2H3/b10-9+,23-12+,24-13-;;;;;/t20-,22+,25-,26+,27-,28+;20-,22-,23+,24?,26-;15-,17-,18+,19+,20-;14-,15-,16+,17?,19-;14-,15+,16?,18-;9-,10-,11+,12+,13-/m011111/s1. The average Bonchev–Trinajstić information content (AvgIpc) is 1.59. The highest BCUT2D eigenvalue weighted by atomic mass is 32.2. The fraction of sp³-hybridized carbons (Fsp3) is 0.823. The molecule has 0 bridgehead atoms. The Bertz CT molecular complexity index is 4810. The first-order chi connectivity index (χ1) is 66.7. The van der Waals surface area contributed by atoms with Crippen molar-refractivity contribution in [1.82, 2.24) is 0 Å². The zero-order valence-electron chi connectivity index (χ0n) is 97.2. The topological polar surface area (TPSA) is 229 Å². The van der Waals surface area contributed by atoms with Gasteiger partial charge in [-0.3, -0.25) is 13.2 Å². The van der Waals surface area contributed by atoms with Gasteiger partial charge in [-0.1, -0.05) is 269 Å². The first-order valence-corrected chi connectivity index (χ1v) is 69.6. The van der Waals surface area contributed by atoms with Crippen LogP contribution in [0.1, 0.15) is 389 Å². The minimum atomic E-state index is -3.72. The number of benzene rings is 2. The van der Waals surface area contributed by atoms with Crippen molar-refractivity contribution < 1.29 is 68.5 Å². The van der Waals surface area contributed by atoms with Crippen LogP contribution in [0.5, 0.6) is 0 Å². The first-order valence-electron chi connectivity index (χ1n) is 58.1. The van der Waals surface area contributed by atoms with Gasteiger partial charge in [0, 0.05) is 36.8 Å². The molecule has 2 aromatic rings. The van der Waals surface area contributed by atoms with Gasteiger partial charge in [0.2, 0.25) is 0 Å². The maximum absolute atomic E-state index is 12.7. The quantitative estimate of drug-likeness (QED) is 0.0297. The van der Waals surface area contributed by atoms with E-state index in [2.05, 4.69) is 229 Å². The number of ketones is 1. The van der Waals surface area contributed by atoms with E-state index >= 15 is 0 Å². The molecule has 0 spiro atoms. The summed E-state index contributed by atoms with van der Waals surface area (Å²) in [5.41, 5.74) is 7.76. The van der Waals surface area contributed by atoms with Gasteiger partial charge in [-0.2, -0.15) is 16.8 Å². The molecule has 13 aliphatic rings. The molecule has 144 heavy (non-hydrogen) atoms. The number of aliphatic hydroxyl groups is 4. The second-order valence-corrected chi connectivity index (χ2v) is 73.5. The van der Waals surface area contributed by atoms with Crippen molar-refractivity contribution in [3.8, 4) is 0 Å². The van der Waals surface area contributed by atoms with E-state index in [1.54, 1.807) is 48.9 Å². The molecule has 13 fully saturated rings. The van der Waals surface area contributed by atoms with E-state index in [0.717, 1.165) is 119 Å². The number of hydrogen-bond donors (Lipinski definition) is 4. The largest absolute Gasteiger partial charge is 0.414 e. The van der Waals surface area contributed by atoms with Gasteiger partial charge in [-0.15, -0.1) is 0 Å². The molecule has 4 N–H and O–H groups in total. The summed E-state index contributed by atoms with van der Waals surface area (Å²) in [7, 11) is -12.7. The van der Waals surface area contributed by atoms with Crippen LogP contribution in [0.3, 0.4) is 0 Å². The Hall–Kier alpha value is -3.07. The Morgan fingerprint density at radius 3 is 1.19 bits per heavy atom. The second kappa shape index (κ2) is 49.4. The summed E-state index contributed by atoms with van der Waals surface area (Å²) < 4.78 is 81.7. The molecule has 3 unspecified atom stereocenters. The minimum Gasteiger partial charge on any atom is -0.414 e. The molecule has 0 amide bonds. The summed E-state index contributed by atoms with van der Waals surface area (Å²) in [5, 5.41) is 40.5. The number of Topliss-reactive ketones (excluding diaryl/α,β-unsaturated/α-hetero) is 1. The fourth-order valence-corrected chi connectivity index (χ4v) is 37.1. The number of rotatable bonds is 26. The third kappa shape index (κ3) is 28.2. The van der Waals surface area contributed by atoms with Gasteiger partial charge < -0.3 is 38.5 Å². The van der Waals surface area contributed by atoms with Gasteiger partial charge in [-0.05, 0) is 418 Å². The zero-order valence-corrected chi connectivity index (χ0v) is 102. The monoisotopic (exact) mass is 2090 g/mol. The molecule has 30 atom stereocenters. The van der Waals surface area contributed by atoms with E-state index in [1.807, 2.05) is 26.0 Å². The van der Waals surface area contributed by atoms with Crippen molar-refractivity contribution in [2.75, 3.05) is 19.8 Å². The average molecular weight is 2090 g/mol. The molecule has 2 aromatic carbocycles. The molecule has 0 aromatic heterocycles. The number of aliphatic hydroxyl groups excluding tert-OH is 4. The fourth-order valence-electron chi connectivity index (χ4n) is 30.9. The Kier molecular flexibility index (Phi) is 42.1. The Balaban J connectivity index is 0.000000180. The number of aldehydes is 1. The van der Waals surface area contributed by atoms with Crippen LogP contribution in [0, 0.1) is 159 Å². The van der Waals surface area contributed by atoms with E-state index in [-0.39, 0.29) is 96.3 Å². The predicted molar refractivity (Wildman–Crippen MR) is 604 cm³/mol. The van der Waals surface area contributed by atoms with Crippen LogP contribution in [0.4, 0.5) is 0 Å². The summed E-state index contributed by atoms with van der Waals surface area (Å²) in [5.74, 6) is 9.86. The highest BCUT2D eigenvalue weighted by Crippen LogP contribution is 2.66. The molecule has 15 rings (SSSR count). The number of carbonyl (C=O) groups excluding carboxylic acids is 2. The molecule has 13 saturated carbocycles. The maximum atomic E-state index is 12.7. The van der Waals surface area contributed by atoms with Gasteiger partial charge >= 0.3 is 0 Å². The van der Waals surface area contributed by atoms with Gasteiger partial charge in [0.15, 0.2) is 25.0 Å². The van der Waals surface area contributed by atoms with E-state index < -0.39 is 45.2 Å². The summed E-state index contributed by atoms with van der Waals surface area (Å²) >= 11 is 0. The molecule has 822 valence electrons. The van der Waals surface area contributed by atoms with Crippen LogP contribution in [-0.2, 0) is 51.5 Å². The van der Waals surface area contributed by atoms with Crippen molar-refractivity contribution in [3.63, 3.8) is 0 Å². The van der Waals surface area contributed by atoms with E-state index in [0.29, 0.717) is 118 Å². The van der Waals surface area contributed by atoms with E-state index in [1.165, 1.54) is 139 Å². The molecule has 0 radical (unpaired) electrons. The van der Waals surface area contributed by atoms with E-state index in [4.69, 9.17) is 21.6 Å². The Morgan fingerprint density at radius 1 is 0.438 bits per heavy atom. The van der Waals surface area contributed by atoms with Crippen molar-refractivity contribution in [2.24, 2.45) is 145 Å². The van der Waals surface area contributed by atoms with E-state index in [9.17, 15) is 46.9 Å². The highest BCUT2D eigenvalue weighted by Gasteiger charge is 2.61. The lowest BCUT2D eigenvalue weighted by atomic mass is 9.61. The lowest BCUT2D eigenvalue weighted by molar-refractivity contribution is -0.126. The SMILES string of the molecule is C=C1CC[C@H](O)C/C1=C/C=C1\CCC[C@]2(C)[C@@H]([C@H](C)/C=C/[C@H](C)C(C)C)CC[C@@H]12.CC(=O)[C@H]1CC[C@H]2C(O[Si](C)(C)C(C)(C)C)CCC[C@]12C.C[C@H](C=O)[C@H]1CC[C@H]2C(O[Si](C)(C)C(C)(C)C)CCC[C@]12C.C[C@H](CO)[C@H]1CC[C@H]2[C@@H](O)CCC[C@]12C.Cc1ccc(S(=O)(=O)OC[C@@H](C)[C@H]2CC[C@H]3C(O[Si](C)(C)C(C)(C)C)CCC[C@]23C)cc1.Cc1ccc(S(=O)(=O)OC[C@@H](C)[C@H]2CC[C@H]3[C@@H](O)CCC[C@]23C)cc1. The third-order valence-electron chi connectivity index (χ3n) is 43.3. The Morgan fingerprint density at radius 2 is 0.792 bits per heavy atom. The lowest BCUT2D eigenvalue weighted by Gasteiger charge is -2.49. The molecule has 13 aliphatic carbocycles. The molecule has 20 heteroatoms. The summed E-state index contributed by atoms with van der Waals surface area (Å²) in [4.78, 5) is 23.8. The number of hydrogen-bond acceptors (Lipinski definition) is 15. The molecule has 15 nitrogen and oxygen atoms in total. The molecular formula is C124H212O15S2Si3. The lowest BCUT2D eigenvalue weighted by Crippen LogP contribution is -2.50. The zero-order chi connectivity index (χ0) is 107. The number of carbonyl (C=O) groups is 2. The van der Waals surface area contributed by atoms with Crippen molar-refractivity contribution in [1.29, 1.82) is 0 Å². The van der Waals surface area contributed by atoms with Gasteiger partial charge in [0.25, 0.3) is 20.2 Å². The van der Waals surface area contributed by atoms with Gasteiger partial charge in [0.1, 0.15) is 12.1 Å².